The van der Waals surface area contributed by atoms with Gasteiger partial charge in [0, 0.05) is 19.4 Å². The molecule has 0 aromatic heterocycles. The van der Waals surface area contributed by atoms with Gasteiger partial charge in [0.2, 0.25) is 11.8 Å². The van der Waals surface area contributed by atoms with E-state index in [0.717, 1.165) is 36.8 Å². The normalized spacial score (nSPS) is 18.9. The Balaban J connectivity index is 1.64. The van der Waals surface area contributed by atoms with Crippen molar-refractivity contribution in [1.82, 2.24) is 10.2 Å². The third-order valence-corrected chi connectivity index (χ3v) is 8.05. The van der Waals surface area contributed by atoms with Crippen molar-refractivity contribution in [3.63, 3.8) is 0 Å². The van der Waals surface area contributed by atoms with E-state index in [0.29, 0.717) is 38.1 Å². The van der Waals surface area contributed by atoms with E-state index >= 15 is 0 Å². The molecule has 3 atom stereocenters. The highest BCUT2D eigenvalue weighted by atomic mass is 16.5. The first-order chi connectivity index (χ1) is 18.9. The Hall–Kier alpha value is -2.93. The average Bonchev–Trinajstić information content (AvgIpc) is 2.95. The van der Waals surface area contributed by atoms with E-state index in [2.05, 4.69) is 18.5 Å². The van der Waals surface area contributed by atoms with Crippen LogP contribution in [0.15, 0.2) is 49.6 Å². The van der Waals surface area contributed by atoms with Crippen LogP contribution in [0.2, 0.25) is 0 Å². The summed E-state index contributed by atoms with van der Waals surface area (Å²) in [6.45, 7) is 7.93. The monoisotopic (exact) mass is 538 g/mol. The van der Waals surface area contributed by atoms with Crippen molar-refractivity contribution in [2.24, 2.45) is 11.8 Å². The van der Waals surface area contributed by atoms with Gasteiger partial charge in [-0.2, -0.15) is 0 Å². The van der Waals surface area contributed by atoms with E-state index in [1.54, 1.807) is 17.1 Å². The first-order valence-electron chi connectivity index (χ1n) is 14.6. The molecule has 1 aromatic carbocycles. The second kappa shape index (κ2) is 16.2. The number of unbranched alkanes of at least 4 members (excludes halogenated alkanes) is 1. The molecule has 2 amide bonds. The summed E-state index contributed by atoms with van der Waals surface area (Å²) in [5.74, 6) is -0.726. The van der Waals surface area contributed by atoms with Crippen molar-refractivity contribution >= 4 is 17.8 Å². The first-order valence-corrected chi connectivity index (χ1v) is 14.6. The van der Waals surface area contributed by atoms with Crippen LogP contribution >= 0.6 is 0 Å². The molecule has 0 bridgehead atoms. The van der Waals surface area contributed by atoms with E-state index in [1.807, 2.05) is 24.3 Å². The van der Waals surface area contributed by atoms with Crippen LogP contribution in [0.25, 0.3) is 0 Å². The summed E-state index contributed by atoms with van der Waals surface area (Å²) in [7, 11) is 0. The van der Waals surface area contributed by atoms with Crippen molar-refractivity contribution in [3.8, 4) is 0 Å². The summed E-state index contributed by atoms with van der Waals surface area (Å²) in [6, 6.07) is 7.36. The minimum Gasteiger partial charge on any atom is -0.463 e. The van der Waals surface area contributed by atoms with Gasteiger partial charge in [-0.05, 0) is 49.1 Å². The number of aliphatic hydroxyl groups excluding tert-OH is 1. The maximum atomic E-state index is 13.5. The molecule has 1 aliphatic carbocycles. The van der Waals surface area contributed by atoms with Crippen LogP contribution in [-0.4, -0.2) is 53.1 Å². The fraction of sp³-hybridized carbons (Fsp3) is 0.594. The Morgan fingerprint density at radius 3 is 2.54 bits per heavy atom. The Morgan fingerprint density at radius 2 is 1.85 bits per heavy atom. The van der Waals surface area contributed by atoms with E-state index in [9.17, 15) is 19.5 Å². The fourth-order valence-corrected chi connectivity index (χ4v) is 5.82. The minimum absolute atomic E-state index is 0.0357. The van der Waals surface area contributed by atoms with Crippen molar-refractivity contribution in [3.05, 3.63) is 60.7 Å². The topological polar surface area (TPSA) is 95.9 Å². The quantitative estimate of drug-likeness (QED) is 0.189. The number of rotatable bonds is 15. The number of fused-ring (bicyclic) bond motifs is 1. The number of carbonyl (C=O) groups is 3. The van der Waals surface area contributed by atoms with Gasteiger partial charge in [-0.15, -0.1) is 13.2 Å². The Bertz CT molecular complexity index is 971. The summed E-state index contributed by atoms with van der Waals surface area (Å²) in [6.07, 6.45) is 12.8. The molecule has 0 saturated heterocycles. The molecule has 2 N–H and O–H groups in total. The molecule has 1 fully saturated rings. The number of nitrogens with zero attached hydrogens (tertiary/aromatic N) is 1. The highest BCUT2D eigenvalue weighted by Gasteiger charge is 2.32. The van der Waals surface area contributed by atoms with Gasteiger partial charge in [0.25, 0.3) is 0 Å². The second-order valence-corrected chi connectivity index (χ2v) is 11.1. The first kappa shape index (κ1) is 30.6. The van der Waals surface area contributed by atoms with Crippen LogP contribution in [0.5, 0.6) is 0 Å². The molecular formula is C32H46N2O5. The molecule has 0 spiro atoms. The molecule has 7 nitrogen and oxygen atoms in total. The molecule has 1 aromatic rings. The zero-order chi connectivity index (χ0) is 28.0. The maximum absolute atomic E-state index is 13.5. The molecule has 39 heavy (non-hydrogen) atoms. The lowest BCUT2D eigenvalue weighted by Gasteiger charge is -2.36. The Labute approximate surface area is 233 Å². The van der Waals surface area contributed by atoms with Crippen LogP contribution in [0.4, 0.5) is 0 Å². The van der Waals surface area contributed by atoms with Gasteiger partial charge in [-0.25, -0.2) is 0 Å². The Kier molecular flexibility index (Phi) is 12.7. The van der Waals surface area contributed by atoms with Gasteiger partial charge in [0.15, 0.2) is 0 Å². The Morgan fingerprint density at radius 1 is 1.10 bits per heavy atom. The van der Waals surface area contributed by atoms with Gasteiger partial charge in [0.1, 0.15) is 6.61 Å². The number of nitrogens with one attached hydrogen (secondary N) is 1. The summed E-state index contributed by atoms with van der Waals surface area (Å²) in [5.41, 5.74) is 2.22. The number of esters is 1. The molecule has 0 radical (unpaired) electrons. The zero-order valence-corrected chi connectivity index (χ0v) is 23.3. The molecule has 7 heteroatoms. The van der Waals surface area contributed by atoms with Crippen LogP contribution in [0, 0.1) is 11.8 Å². The number of benzene rings is 1. The summed E-state index contributed by atoms with van der Waals surface area (Å²) >= 11 is 0. The predicted octanol–water partition coefficient (Wildman–Crippen LogP) is 4.87. The molecule has 3 unspecified atom stereocenters. The summed E-state index contributed by atoms with van der Waals surface area (Å²) < 4.78 is 5.56. The average molecular weight is 539 g/mol. The number of carbonyl (C=O) groups excluding carboxylic acids is 3. The number of hydrogen-bond acceptors (Lipinski definition) is 5. The van der Waals surface area contributed by atoms with Crippen molar-refractivity contribution in [2.45, 2.75) is 95.7 Å². The number of hydrogen-bond donors (Lipinski definition) is 2. The van der Waals surface area contributed by atoms with E-state index in [1.165, 1.54) is 19.3 Å². The number of ether oxygens (including phenoxy) is 1. The SMILES string of the molecule is C=CCCCC(=O)OCC(CC1CCCCC1)NC(=O)C(CC=C)CC(=O)N1Cc2ccccc2CC1CO. The molecule has 3 rings (SSSR count). The molecule has 1 heterocycles. The highest BCUT2D eigenvalue weighted by Crippen LogP contribution is 2.28. The number of aliphatic hydroxyl groups is 1. The standard InChI is InChI=1S/C32H46N2O5/c1-3-5-7-17-31(37)39-23-28(18-24-13-8-6-9-14-24)33-32(38)26(12-4-2)20-30(36)34-21-27-16-11-10-15-25(27)19-29(34)22-35/h3-4,10-11,15-16,24,26,28-29,35H,1-2,5-9,12-14,17-23H2,(H,33,38). The lowest BCUT2D eigenvalue weighted by Crippen LogP contribution is -2.48. The lowest BCUT2D eigenvalue weighted by molar-refractivity contribution is -0.145. The molecule has 214 valence electrons. The van der Waals surface area contributed by atoms with E-state index < -0.39 is 5.92 Å². The molecule has 2 aliphatic rings. The van der Waals surface area contributed by atoms with Crippen LogP contribution in [0.1, 0.15) is 81.8 Å². The zero-order valence-electron chi connectivity index (χ0n) is 23.3. The summed E-state index contributed by atoms with van der Waals surface area (Å²) in [5, 5.41) is 13.1. The van der Waals surface area contributed by atoms with Gasteiger partial charge in [0.05, 0.1) is 24.6 Å². The highest BCUT2D eigenvalue weighted by molar-refractivity contribution is 5.86. The van der Waals surface area contributed by atoms with Crippen molar-refractivity contribution in [2.75, 3.05) is 13.2 Å². The van der Waals surface area contributed by atoms with Gasteiger partial charge < -0.3 is 20.1 Å². The van der Waals surface area contributed by atoms with Crippen LogP contribution < -0.4 is 5.32 Å². The predicted molar refractivity (Wildman–Crippen MR) is 153 cm³/mol. The minimum atomic E-state index is -0.580. The second-order valence-electron chi connectivity index (χ2n) is 11.1. The molecule has 1 saturated carbocycles. The third-order valence-electron chi connectivity index (χ3n) is 8.05. The van der Waals surface area contributed by atoms with E-state index in [4.69, 9.17) is 4.74 Å². The maximum Gasteiger partial charge on any atom is 0.305 e. The largest absolute Gasteiger partial charge is 0.463 e. The fourth-order valence-electron chi connectivity index (χ4n) is 5.82. The van der Waals surface area contributed by atoms with Crippen molar-refractivity contribution in [1.29, 1.82) is 0 Å². The smallest absolute Gasteiger partial charge is 0.305 e. The number of amides is 2. The molecule has 1 aliphatic heterocycles. The van der Waals surface area contributed by atoms with Crippen molar-refractivity contribution < 1.29 is 24.2 Å². The van der Waals surface area contributed by atoms with E-state index in [-0.39, 0.29) is 49.5 Å². The van der Waals surface area contributed by atoms with Crippen LogP contribution in [0.3, 0.4) is 0 Å². The lowest BCUT2D eigenvalue weighted by atomic mass is 9.84. The van der Waals surface area contributed by atoms with Gasteiger partial charge in [-0.3, -0.25) is 14.4 Å². The number of allylic oxidation sites excluding steroid dienone is 2. The van der Waals surface area contributed by atoms with Crippen LogP contribution in [-0.2, 0) is 32.1 Å². The van der Waals surface area contributed by atoms with Gasteiger partial charge in [-0.1, -0.05) is 68.5 Å². The summed E-state index contributed by atoms with van der Waals surface area (Å²) in [4.78, 5) is 40.9. The molecular weight excluding hydrogens is 492 g/mol. The van der Waals surface area contributed by atoms with Gasteiger partial charge >= 0.3 is 5.97 Å². The third kappa shape index (κ3) is 9.64.